The Morgan fingerprint density at radius 2 is 2.11 bits per heavy atom. The molecule has 0 aromatic carbocycles. The van der Waals surface area contributed by atoms with Crippen molar-refractivity contribution in [2.24, 2.45) is 0 Å². The molecule has 1 aromatic heterocycles. The van der Waals surface area contributed by atoms with E-state index >= 15 is 0 Å². The molecule has 10 nitrogen and oxygen atoms in total. The van der Waals surface area contributed by atoms with Crippen molar-refractivity contribution in [3.05, 3.63) is 32.6 Å². The van der Waals surface area contributed by atoms with E-state index in [1.807, 2.05) is 0 Å². The van der Waals surface area contributed by atoms with Gasteiger partial charge in [-0.15, -0.1) is 0 Å². The second-order valence-corrected chi connectivity index (χ2v) is 6.12. The minimum atomic E-state index is -5.00. The largest absolute Gasteiger partial charge is 0.471 e. The number of methoxy groups -OCH3 is 1. The molecule has 4 N–H and O–H groups in total. The minimum absolute atomic E-state index is 0.00419. The summed E-state index contributed by atoms with van der Waals surface area (Å²) in [6.45, 7) is -0.857. The first-order chi connectivity index (χ1) is 13.1. The van der Waals surface area contributed by atoms with Gasteiger partial charge in [-0.3, -0.25) is 19.1 Å². The number of rotatable bonds is 7. The second-order valence-electron chi connectivity index (χ2n) is 6.12. The maximum absolute atomic E-state index is 12.1. The van der Waals surface area contributed by atoms with Gasteiger partial charge in [0.15, 0.2) is 6.23 Å². The Balaban J connectivity index is 2.13. The van der Waals surface area contributed by atoms with Gasteiger partial charge in [-0.2, -0.15) is 13.2 Å². The van der Waals surface area contributed by atoms with Crippen LogP contribution in [0.25, 0.3) is 0 Å². The third kappa shape index (κ3) is 4.79. The number of carbonyl (C=O) groups is 1. The standard InChI is InChI=1S/C15H20F3N3O7/c1-27-10-9(23)8(6-22)28-12(10)21-5-7(11(24)20-14(21)26)3-2-4-19-13(25)15(16,17)18/h5,8-10,12,22-23H,2-4,6H2,1H3,(H,19,25)(H,20,24,26)/t8-,9-,10-,12-/m1/s1. The van der Waals surface area contributed by atoms with Gasteiger partial charge in [0, 0.05) is 25.4 Å². The predicted octanol–water partition coefficient (Wildman–Crippen LogP) is -1.59. The molecule has 4 atom stereocenters. The molecule has 2 heterocycles. The lowest BCUT2D eigenvalue weighted by atomic mass is 10.1. The zero-order valence-electron chi connectivity index (χ0n) is 14.7. The van der Waals surface area contributed by atoms with E-state index < -0.39 is 54.5 Å². The smallest absolute Gasteiger partial charge is 0.394 e. The summed E-state index contributed by atoms with van der Waals surface area (Å²) in [5, 5.41) is 21.0. The summed E-state index contributed by atoms with van der Waals surface area (Å²) in [7, 11) is 1.27. The molecule has 1 aromatic rings. The molecule has 0 unspecified atom stereocenters. The second kappa shape index (κ2) is 8.86. The summed E-state index contributed by atoms with van der Waals surface area (Å²) in [4.78, 5) is 36.9. The SMILES string of the molecule is CO[C@@H]1[C@H](O)[C@@H](CO)O[C@H]1n1cc(CCCNC(=O)C(F)(F)F)c(=O)[nH]c1=O. The van der Waals surface area contributed by atoms with E-state index in [1.165, 1.54) is 7.11 Å². The Labute approximate surface area is 155 Å². The van der Waals surface area contributed by atoms with Gasteiger partial charge in [-0.25, -0.2) is 4.79 Å². The number of aromatic amines is 1. The summed E-state index contributed by atoms with van der Waals surface area (Å²) in [5.41, 5.74) is -1.53. The molecule has 28 heavy (non-hydrogen) atoms. The summed E-state index contributed by atoms with van der Waals surface area (Å²) in [5.74, 6) is -2.09. The number of hydrogen-bond acceptors (Lipinski definition) is 7. The van der Waals surface area contributed by atoms with E-state index in [4.69, 9.17) is 9.47 Å². The molecule has 0 bridgehead atoms. The van der Waals surface area contributed by atoms with Gasteiger partial charge in [0.2, 0.25) is 0 Å². The van der Waals surface area contributed by atoms with Crippen LogP contribution in [-0.4, -0.2) is 70.4 Å². The number of ether oxygens (including phenoxy) is 2. The molecule has 13 heteroatoms. The number of aromatic nitrogens is 2. The molecule has 1 aliphatic rings. The summed E-state index contributed by atoms with van der Waals surface area (Å²) < 4.78 is 47.9. The fraction of sp³-hybridized carbons (Fsp3) is 0.667. The van der Waals surface area contributed by atoms with Crippen LogP contribution in [0.3, 0.4) is 0 Å². The average molecular weight is 411 g/mol. The van der Waals surface area contributed by atoms with Gasteiger partial charge >= 0.3 is 17.8 Å². The zero-order chi connectivity index (χ0) is 21.1. The van der Waals surface area contributed by atoms with Crippen LogP contribution in [-0.2, 0) is 20.7 Å². The van der Waals surface area contributed by atoms with Gasteiger partial charge in [0.1, 0.15) is 18.3 Å². The molecular weight excluding hydrogens is 391 g/mol. The van der Waals surface area contributed by atoms with Crippen LogP contribution in [0.15, 0.2) is 15.8 Å². The van der Waals surface area contributed by atoms with Crippen LogP contribution >= 0.6 is 0 Å². The van der Waals surface area contributed by atoms with Crippen molar-refractivity contribution in [2.75, 3.05) is 20.3 Å². The van der Waals surface area contributed by atoms with Crippen molar-refractivity contribution in [3.63, 3.8) is 0 Å². The van der Waals surface area contributed by atoms with E-state index in [0.717, 1.165) is 10.8 Å². The van der Waals surface area contributed by atoms with Crippen molar-refractivity contribution >= 4 is 5.91 Å². The van der Waals surface area contributed by atoms with Crippen molar-refractivity contribution < 1.29 is 37.7 Å². The van der Waals surface area contributed by atoms with E-state index in [9.17, 15) is 37.8 Å². The zero-order valence-corrected chi connectivity index (χ0v) is 14.7. The lowest BCUT2D eigenvalue weighted by Crippen LogP contribution is -2.40. The van der Waals surface area contributed by atoms with E-state index in [0.29, 0.717) is 0 Å². The molecule has 158 valence electrons. The van der Waals surface area contributed by atoms with Gasteiger partial charge in [-0.1, -0.05) is 0 Å². The molecule has 1 saturated heterocycles. The first kappa shape index (κ1) is 22.1. The van der Waals surface area contributed by atoms with Crippen molar-refractivity contribution in [2.45, 2.75) is 43.6 Å². The number of aryl methyl sites for hydroxylation is 1. The number of carbonyl (C=O) groups excluding carboxylic acids is 1. The van der Waals surface area contributed by atoms with E-state index in [-0.39, 0.29) is 24.9 Å². The van der Waals surface area contributed by atoms with Crippen LogP contribution < -0.4 is 16.6 Å². The highest BCUT2D eigenvalue weighted by atomic mass is 19.4. The number of nitrogens with zero attached hydrogens (tertiary/aromatic N) is 1. The topological polar surface area (TPSA) is 143 Å². The number of nitrogens with one attached hydrogen (secondary N) is 2. The number of amides is 1. The molecule has 2 rings (SSSR count). The quantitative estimate of drug-likeness (QED) is 0.396. The normalized spacial score (nSPS) is 25.1. The summed E-state index contributed by atoms with van der Waals surface area (Å²) in [6, 6.07) is 0. The van der Waals surface area contributed by atoms with Gasteiger partial charge in [0.05, 0.1) is 6.61 Å². The monoisotopic (exact) mass is 411 g/mol. The summed E-state index contributed by atoms with van der Waals surface area (Å²) in [6.07, 6.45) is -8.24. The molecule has 0 spiro atoms. The minimum Gasteiger partial charge on any atom is -0.394 e. The Morgan fingerprint density at radius 1 is 1.43 bits per heavy atom. The fourth-order valence-corrected chi connectivity index (χ4v) is 2.82. The first-order valence-corrected chi connectivity index (χ1v) is 8.26. The number of H-pyrrole nitrogens is 1. The highest BCUT2D eigenvalue weighted by Gasteiger charge is 2.45. The lowest BCUT2D eigenvalue weighted by molar-refractivity contribution is -0.173. The Bertz CT molecular complexity index is 807. The fourth-order valence-electron chi connectivity index (χ4n) is 2.82. The lowest BCUT2D eigenvalue weighted by Gasteiger charge is -2.20. The van der Waals surface area contributed by atoms with Crippen molar-refractivity contribution in [1.29, 1.82) is 0 Å². The highest BCUT2D eigenvalue weighted by molar-refractivity contribution is 5.81. The van der Waals surface area contributed by atoms with Gasteiger partial charge in [-0.05, 0) is 12.8 Å². The third-order valence-corrected chi connectivity index (χ3v) is 4.25. The van der Waals surface area contributed by atoms with Crippen LogP contribution in [0, 0.1) is 0 Å². The van der Waals surface area contributed by atoms with Crippen LogP contribution in [0.1, 0.15) is 18.2 Å². The maximum Gasteiger partial charge on any atom is 0.471 e. The molecule has 0 aliphatic carbocycles. The molecule has 1 fully saturated rings. The van der Waals surface area contributed by atoms with E-state index in [2.05, 4.69) is 4.98 Å². The van der Waals surface area contributed by atoms with E-state index in [1.54, 1.807) is 5.32 Å². The number of halogens is 3. The predicted molar refractivity (Wildman–Crippen MR) is 86.5 cm³/mol. The Morgan fingerprint density at radius 3 is 2.68 bits per heavy atom. The van der Waals surface area contributed by atoms with Gasteiger partial charge < -0.3 is 25.0 Å². The Hall–Kier alpha value is -2.22. The van der Waals surface area contributed by atoms with Crippen molar-refractivity contribution in [3.8, 4) is 0 Å². The van der Waals surface area contributed by atoms with Crippen LogP contribution in [0.5, 0.6) is 0 Å². The van der Waals surface area contributed by atoms with Crippen LogP contribution in [0.4, 0.5) is 13.2 Å². The Kier molecular flexibility index (Phi) is 6.98. The average Bonchev–Trinajstić information content (AvgIpc) is 2.94. The third-order valence-electron chi connectivity index (χ3n) is 4.25. The first-order valence-electron chi connectivity index (χ1n) is 8.26. The number of aliphatic hydroxyl groups is 2. The molecule has 1 amide bonds. The number of aliphatic hydroxyl groups excluding tert-OH is 2. The van der Waals surface area contributed by atoms with Crippen LogP contribution in [0.2, 0.25) is 0 Å². The van der Waals surface area contributed by atoms with Crippen molar-refractivity contribution in [1.82, 2.24) is 14.9 Å². The molecule has 1 aliphatic heterocycles. The van der Waals surface area contributed by atoms with Gasteiger partial charge in [0.25, 0.3) is 5.56 Å². The molecule has 0 radical (unpaired) electrons. The number of alkyl halides is 3. The summed E-state index contributed by atoms with van der Waals surface area (Å²) >= 11 is 0. The molecular formula is C15H20F3N3O7. The maximum atomic E-state index is 12.1. The highest BCUT2D eigenvalue weighted by Crippen LogP contribution is 2.30. The molecule has 0 saturated carbocycles. The number of hydrogen-bond donors (Lipinski definition) is 4.